The number of hydrogen-bond acceptors (Lipinski definition) is 7. The molecule has 1 aromatic heterocycles. The smallest absolute Gasteiger partial charge is 0.171 e. The lowest BCUT2D eigenvalue weighted by molar-refractivity contribution is -0.205. The number of para-hydroxylation sites is 2. The molecule has 4 N–H and O–H groups in total. The molecule has 4 rings (SSSR count). The first-order valence-corrected chi connectivity index (χ1v) is 9.93. The van der Waals surface area contributed by atoms with Crippen molar-refractivity contribution in [2.45, 2.75) is 41.6 Å². The van der Waals surface area contributed by atoms with Crippen molar-refractivity contribution in [3.63, 3.8) is 0 Å². The van der Waals surface area contributed by atoms with Gasteiger partial charge in [0.05, 0.1) is 24.2 Å². The summed E-state index contributed by atoms with van der Waals surface area (Å²) in [5, 5.41) is 40.4. The highest BCUT2D eigenvalue weighted by atomic mass is 32.2. The van der Waals surface area contributed by atoms with E-state index in [9.17, 15) is 20.4 Å². The average Bonchev–Trinajstić information content (AvgIpc) is 3.06. The van der Waals surface area contributed by atoms with Crippen LogP contribution in [0, 0.1) is 0 Å². The van der Waals surface area contributed by atoms with Crippen LogP contribution < -0.4 is 0 Å². The van der Waals surface area contributed by atoms with E-state index in [1.54, 1.807) is 0 Å². The van der Waals surface area contributed by atoms with Crippen LogP contribution in [0.25, 0.3) is 11.0 Å². The van der Waals surface area contributed by atoms with Crippen LogP contribution in [-0.4, -0.2) is 66.4 Å². The zero-order valence-corrected chi connectivity index (χ0v) is 15.8. The Morgan fingerprint density at radius 1 is 0.929 bits per heavy atom. The molecule has 0 amide bonds. The molecule has 2 heterocycles. The highest BCUT2D eigenvalue weighted by Crippen LogP contribution is 2.34. The summed E-state index contributed by atoms with van der Waals surface area (Å²) in [4.78, 5) is 4.66. The molecule has 28 heavy (non-hydrogen) atoms. The fourth-order valence-corrected chi connectivity index (χ4v) is 4.48. The molecule has 0 spiro atoms. The molecule has 1 fully saturated rings. The molecule has 5 unspecified atom stereocenters. The summed E-state index contributed by atoms with van der Waals surface area (Å²) in [7, 11) is 0. The summed E-state index contributed by atoms with van der Waals surface area (Å²) in [6, 6.07) is 17.7. The van der Waals surface area contributed by atoms with Crippen LogP contribution in [0.1, 0.15) is 5.56 Å². The lowest BCUT2D eigenvalue weighted by Gasteiger charge is -2.39. The van der Waals surface area contributed by atoms with Gasteiger partial charge in [-0.15, -0.1) is 0 Å². The third-order valence-electron chi connectivity index (χ3n) is 4.87. The number of benzene rings is 2. The summed E-state index contributed by atoms with van der Waals surface area (Å²) >= 11 is 1.17. The van der Waals surface area contributed by atoms with Crippen molar-refractivity contribution in [1.29, 1.82) is 0 Å². The van der Waals surface area contributed by atoms with E-state index in [1.165, 1.54) is 11.8 Å². The zero-order chi connectivity index (χ0) is 19.7. The molecular weight excluding hydrogens is 380 g/mol. The normalized spacial score (nSPS) is 27.9. The summed E-state index contributed by atoms with van der Waals surface area (Å²) in [6.45, 7) is 0.129. The molecule has 0 saturated carbocycles. The fraction of sp³-hybridized carbons (Fsp3) is 0.350. The highest BCUT2D eigenvalue weighted by molar-refractivity contribution is 7.99. The molecule has 0 aliphatic carbocycles. The van der Waals surface area contributed by atoms with Crippen LogP contribution in [0.3, 0.4) is 0 Å². The van der Waals surface area contributed by atoms with Gasteiger partial charge in [-0.25, -0.2) is 4.98 Å². The molecule has 5 atom stereocenters. The number of thioether (sulfide) groups is 1. The van der Waals surface area contributed by atoms with Crippen molar-refractivity contribution in [3.05, 3.63) is 60.2 Å². The lowest BCUT2D eigenvalue weighted by Crippen LogP contribution is -2.57. The van der Waals surface area contributed by atoms with Crippen LogP contribution in [0.2, 0.25) is 0 Å². The van der Waals surface area contributed by atoms with Gasteiger partial charge in [0, 0.05) is 0 Å². The minimum Gasteiger partial charge on any atom is -0.394 e. The lowest BCUT2D eigenvalue weighted by atomic mass is 10.0. The van der Waals surface area contributed by atoms with Gasteiger partial charge >= 0.3 is 0 Å². The Balaban J connectivity index is 1.67. The van der Waals surface area contributed by atoms with Crippen molar-refractivity contribution < 1.29 is 25.2 Å². The summed E-state index contributed by atoms with van der Waals surface area (Å²) in [5.41, 5.74) is 1.98. The maximum Gasteiger partial charge on any atom is 0.171 e. The topological polar surface area (TPSA) is 108 Å². The molecule has 1 saturated heterocycles. The quantitative estimate of drug-likeness (QED) is 0.504. The third kappa shape index (κ3) is 3.67. The number of imidazole rings is 1. The molecule has 1 aliphatic heterocycles. The number of hydrogen-bond donors (Lipinski definition) is 4. The van der Waals surface area contributed by atoms with Gasteiger partial charge in [0.25, 0.3) is 0 Å². The Bertz CT molecular complexity index is 933. The molecular formula is C20H22N2O5S. The molecule has 8 heteroatoms. The van der Waals surface area contributed by atoms with E-state index < -0.39 is 36.5 Å². The van der Waals surface area contributed by atoms with Gasteiger partial charge in [0.15, 0.2) is 5.16 Å². The SMILES string of the molecule is OCC1OC(Sc2nc3ccccc3n2Cc2ccccc2)C(O)C(O)C1O. The van der Waals surface area contributed by atoms with Gasteiger partial charge in [-0.05, 0) is 17.7 Å². The predicted octanol–water partition coefficient (Wildman–Crippen LogP) is 0.977. The second-order valence-corrected chi connectivity index (χ2v) is 7.84. The van der Waals surface area contributed by atoms with Gasteiger partial charge in [-0.1, -0.05) is 54.2 Å². The number of aliphatic hydroxyl groups excluding tert-OH is 4. The summed E-state index contributed by atoms with van der Waals surface area (Å²) < 4.78 is 7.66. The van der Waals surface area contributed by atoms with E-state index in [2.05, 4.69) is 4.98 Å². The molecule has 7 nitrogen and oxygen atoms in total. The summed E-state index contributed by atoms with van der Waals surface area (Å²) in [5.74, 6) is 0. The van der Waals surface area contributed by atoms with Crippen LogP contribution in [0.4, 0.5) is 0 Å². The standard InChI is InChI=1S/C20H22N2O5S/c23-11-15-16(24)17(25)18(26)19(27-15)28-20-21-13-8-4-5-9-14(13)22(20)10-12-6-2-1-3-7-12/h1-9,15-19,23-26H,10-11H2. The van der Waals surface area contributed by atoms with Crippen molar-refractivity contribution >= 4 is 22.8 Å². The molecule has 2 aromatic carbocycles. The molecule has 1 aliphatic rings. The van der Waals surface area contributed by atoms with Crippen molar-refractivity contribution in [3.8, 4) is 0 Å². The Morgan fingerprint density at radius 3 is 2.39 bits per heavy atom. The first-order valence-electron chi connectivity index (χ1n) is 9.05. The number of aromatic nitrogens is 2. The number of fused-ring (bicyclic) bond motifs is 1. The Morgan fingerprint density at radius 2 is 1.64 bits per heavy atom. The number of ether oxygens (including phenoxy) is 1. The maximum atomic E-state index is 10.4. The fourth-order valence-electron chi connectivity index (χ4n) is 3.33. The second kappa shape index (κ2) is 8.20. The third-order valence-corrected chi connectivity index (χ3v) is 6.02. The van der Waals surface area contributed by atoms with E-state index in [0.717, 1.165) is 16.6 Å². The van der Waals surface area contributed by atoms with Crippen LogP contribution in [0.15, 0.2) is 59.8 Å². The molecule has 148 valence electrons. The first-order chi connectivity index (χ1) is 13.6. The Hall–Kier alpha value is -1.94. The van der Waals surface area contributed by atoms with Crippen molar-refractivity contribution in [2.24, 2.45) is 0 Å². The van der Waals surface area contributed by atoms with Crippen molar-refractivity contribution in [2.75, 3.05) is 6.61 Å². The zero-order valence-electron chi connectivity index (χ0n) is 15.0. The van der Waals surface area contributed by atoms with Crippen LogP contribution in [-0.2, 0) is 11.3 Å². The second-order valence-electron chi connectivity index (χ2n) is 6.77. The minimum atomic E-state index is -1.41. The van der Waals surface area contributed by atoms with Gasteiger partial charge < -0.3 is 29.7 Å². The van der Waals surface area contributed by atoms with E-state index in [0.29, 0.717) is 11.7 Å². The van der Waals surface area contributed by atoms with Gasteiger partial charge in [-0.3, -0.25) is 0 Å². The van der Waals surface area contributed by atoms with Crippen LogP contribution >= 0.6 is 11.8 Å². The largest absolute Gasteiger partial charge is 0.394 e. The number of nitrogens with zero attached hydrogens (tertiary/aromatic N) is 2. The first kappa shape index (κ1) is 19.4. The summed E-state index contributed by atoms with van der Waals surface area (Å²) in [6.07, 6.45) is -5.04. The predicted molar refractivity (Wildman–Crippen MR) is 105 cm³/mol. The highest BCUT2D eigenvalue weighted by Gasteiger charge is 2.44. The van der Waals surface area contributed by atoms with Crippen LogP contribution in [0.5, 0.6) is 0 Å². The monoisotopic (exact) mass is 402 g/mol. The molecule has 0 bridgehead atoms. The number of aliphatic hydroxyl groups is 4. The molecule has 3 aromatic rings. The Labute approximate surface area is 166 Å². The number of rotatable bonds is 5. The van der Waals surface area contributed by atoms with Gasteiger partial charge in [0.1, 0.15) is 29.9 Å². The van der Waals surface area contributed by atoms with E-state index in [-0.39, 0.29) is 0 Å². The van der Waals surface area contributed by atoms with E-state index in [1.807, 2.05) is 59.2 Å². The Kier molecular flexibility index (Phi) is 5.68. The van der Waals surface area contributed by atoms with E-state index >= 15 is 0 Å². The van der Waals surface area contributed by atoms with Gasteiger partial charge in [-0.2, -0.15) is 0 Å². The van der Waals surface area contributed by atoms with Gasteiger partial charge in [0.2, 0.25) is 0 Å². The molecule has 0 radical (unpaired) electrons. The van der Waals surface area contributed by atoms with E-state index in [4.69, 9.17) is 4.74 Å². The van der Waals surface area contributed by atoms with Crippen molar-refractivity contribution in [1.82, 2.24) is 9.55 Å². The maximum absolute atomic E-state index is 10.4. The average molecular weight is 402 g/mol. The minimum absolute atomic E-state index is 0.456.